The summed E-state index contributed by atoms with van der Waals surface area (Å²) in [6, 6.07) is 2.73. The minimum absolute atomic E-state index is 0.594. The third-order valence-corrected chi connectivity index (χ3v) is 5.58. The first-order chi connectivity index (χ1) is 9.79. The van der Waals surface area contributed by atoms with Crippen molar-refractivity contribution >= 4 is 45.1 Å². The summed E-state index contributed by atoms with van der Waals surface area (Å²) in [5.74, 6) is 4.29. The van der Waals surface area contributed by atoms with Gasteiger partial charge in [0.25, 0.3) is 0 Å². The Labute approximate surface area is 128 Å². The van der Waals surface area contributed by atoms with Gasteiger partial charge in [-0.05, 0) is 30.0 Å². The number of anilines is 2. The van der Waals surface area contributed by atoms with Crippen LogP contribution in [0.15, 0.2) is 11.4 Å². The third-order valence-electron chi connectivity index (χ3n) is 3.63. The highest BCUT2D eigenvalue weighted by Crippen LogP contribution is 2.32. The molecule has 0 aliphatic carbocycles. The summed E-state index contributed by atoms with van der Waals surface area (Å²) in [7, 11) is 2.17. The lowest BCUT2D eigenvalue weighted by Gasteiger charge is -2.25. The first-order valence-corrected chi connectivity index (χ1v) is 9.12. The van der Waals surface area contributed by atoms with Crippen LogP contribution in [0.25, 0.3) is 10.2 Å². The van der Waals surface area contributed by atoms with E-state index in [1.165, 1.54) is 23.3 Å². The quantitative estimate of drug-likeness (QED) is 0.916. The van der Waals surface area contributed by atoms with Gasteiger partial charge in [-0.1, -0.05) is 6.92 Å². The average molecular weight is 308 g/mol. The lowest BCUT2D eigenvalue weighted by molar-refractivity contribution is 0.694. The van der Waals surface area contributed by atoms with Gasteiger partial charge in [0.1, 0.15) is 10.6 Å². The predicted octanol–water partition coefficient (Wildman–Crippen LogP) is 3.45. The fourth-order valence-corrected chi connectivity index (χ4v) is 4.45. The molecular formula is C14H20N4S2. The number of thioether (sulfide) groups is 1. The fourth-order valence-electron chi connectivity index (χ4n) is 2.42. The van der Waals surface area contributed by atoms with Crippen molar-refractivity contribution in [3.8, 4) is 0 Å². The van der Waals surface area contributed by atoms with E-state index in [1.807, 2.05) is 11.8 Å². The van der Waals surface area contributed by atoms with Gasteiger partial charge in [-0.3, -0.25) is 0 Å². The van der Waals surface area contributed by atoms with Crippen molar-refractivity contribution in [1.29, 1.82) is 0 Å². The van der Waals surface area contributed by atoms with Crippen LogP contribution in [0, 0.1) is 0 Å². The van der Waals surface area contributed by atoms with E-state index in [4.69, 9.17) is 4.98 Å². The molecule has 0 radical (unpaired) electrons. The molecule has 2 aromatic rings. The Balaban J connectivity index is 1.96. The maximum Gasteiger partial charge on any atom is 0.226 e. The van der Waals surface area contributed by atoms with Crippen LogP contribution < -0.4 is 10.2 Å². The summed E-state index contributed by atoms with van der Waals surface area (Å²) < 4.78 is 0. The molecule has 0 aromatic carbocycles. The van der Waals surface area contributed by atoms with E-state index >= 15 is 0 Å². The second-order valence-corrected chi connectivity index (χ2v) is 7.11. The number of hydrogen-bond acceptors (Lipinski definition) is 6. The standard InChI is InChI=1S/C14H20N4S2/c1-3-6-15-14-16-12(11-5-8-20-13(11)17-14)18(2)10-4-7-19-9-10/h5,8,10H,3-4,6-7,9H2,1-2H3,(H,15,16,17). The molecule has 1 fully saturated rings. The van der Waals surface area contributed by atoms with E-state index in [1.54, 1.807) is 11.3 Å². The van der Waals surface area contributed by atoms with Crippen molar-refractivity contribution in [1.82, 2.24) is 9.97 Å². The number of aromatic nitrogens is 2. The molecule has 6 heteroatoms. The van der Waals surface area contributed by atoms with Crippen LogP contribution in [0.1, 0.15) is 19.8 Å². The molecule has 0 bridgehead atoms. The van der Waals surface area contributed by atoms with E-state index in [0.29, 0.717) is 6.04 Å². The molecule has 0 saturated carbocycles. The summed E-state index contributed by atoms with van der Waals surface area (Å²) in [5, 5.41) is 6.59. The molecule has 0 spiro atoms. The van der Waals surface area contributed by atoms with Gasteiger partial charge in [0.05, 0.1) is 5.39 Å². The van der Waals surface area contributed by atoms with Crippen LogP contribution in [0.4, 0.5) is 11.8 Å². The predicted molar refractivity (Wildman–Crippen MR) is 90.3 cm³/mol. The molecule has 1 aliphatic heterocycles. The molecule has 3 heterocycles. The zero-order valence-corrected chi connectivity index (χ0v) is 13.6. The van der Waals surface area contributed by atoms with E-state index in [9.17, 15) is 0 Å². The average Bonchev–Trinajstić information content (AvgIpc) is 3.13. The van der Waals surface area contributed by atoms with Gasteiger partial charge in [0.2, 0.25) is 5.95 Å². The molecular weight excluding hydrogens is 288 g/mol. The Morgan fingerprint density at radius 1 is 1.45 bits per heavy atom. The summed E-state index contributed by atoms with van der Waals surface area (Å²) in [6.45, 7) is 3.07. The zero-order chi connectivity index (χ0) is 13.9. The number of nitrogens with zero attached hydrogens (tertiary/aromatic N) is 3. The normalized spacial score (nSPS) is 18.6. The summed E-state index contributed by atoms with van der Waals surface area (Å²) >= 11 is 3.72. The van der Waals surface area contributed by atoms with E-state index in [2.05, 4.69) is 40.6 Å². The number of nitrogens with one attached hydrogen (secondary N) is 1. The molecule has 108 valence electrons. The van der Waals surface area contributed by atoms with Crippen molar-refractivity contribution in [2.75, 3.05) is 35.3 Å². The first-order valence-electron chi connectivity index (χ1n) is 7.09. The van der Waals surface area contributed by atoms with Crippen LogP contribution in [-0.2, 0) is 0 Å². The van der Waals surface area contributed by atoms with Gasteiger partial charge < -0.3 is 10.2 Å². The smallest absolute Gasteiger partial charge is 0.226 e. The summed E-state index contributed by atoms with van der Waals surface area (Å²) in [6.07, 6.45) is 2.32. The van der Waals surface area contributed by atoms with Crippen molar-refractivity contribution in [2.45, 2.75) is 25.8 Å². The second-order valence-electron chi connectivity index (χ2n) is 5.07. The first kappa shape index (κ1) is 13.9. The SMILES string of the molecule is CCCNc1nc(N(C)C2CCSC2)c2ccsc2n1. The minimum Gasteiger partial charge on any atom is -0.355 e. The highest BCUT2D eigenvalue weighted by molar-refractivity contribution is 7.99. The zero-order valence-electron chi connectivity index (χ0n) is 11.9. The molecule has 3 rings (SSSR count). The van der Waals surface area contributed by atoms with Gasteiger partial charge in [-0.2, -0.15) is 16.7 Å². The highest BCUT2D eigenvalue weighted by atomic mass is 32.2. The molecule has 1 N–H and O–H groups in total. The molecule has 2 aromatic heterocycles. The molecule has 1 unspecified atom stereocenters. The maximum absolute atomic E-state index is 4.76. The Kier molecular flexibility index (Phi) is 4.31. The largest absolute Gasteiger partial charge is 0.355 e. The van der Waals surface area contributed by atoms with E-state index < -0.39 is 0 Å². The van der Waals surface area contributed by atoms with Crippen LogP contribution in [0.2, 0.25) is 0 Å². The number of rotatable bonds is 5. The Bertz CT molecular complexity index is 578. The lowest BCUT2D eigenvalue weighted by Crippen LogP contribution is -2.32. The van der Waals surface area contributed by atoms with Gasteiger partial charge in [0.15, 0.2) is 0 Å². The minimum atomic E-state index is 0.594. The van der Waals surface area contributed by atoms with Crippen LogP contribution >= 0.6 is 23.1 Å². The Morgan fingerprint density at radius 3 is 3.10 bits per heavy atom. The topological polar surface area (TPSA) is 41.1 Å². The van der Waals surface area contributed by atoms with E-state index in [0.717, 1.165) is 29.6 Å². The summed E-state index contributed by atoms with van der Waals surface area (Å²) in [4.78, 5) is 12.8. The van der Waals surface area contributed by atoms with Gasteiger partial charge in [-0.25, -0.2) is 4.98 Å². The van der Waals surface area contributed by atoms with Crippen molar-refractivity contribution in [2.24, 2.45) is 0 Å². The monoisotopic (exact) mass is 308 g/mol. The van der Waals surface area contributed by atoms with Gasteiger partial charge in [-0.15, -0.1) is 11.3 Å². The number of fused-ring (bicyclic) bond motifs is 1. The van der Waals surface area contributed by atoms with Crippen LogP contribution in [-0.4, -0.2) is 41.1 Å². The Morgan fingerprint density at radius 2 is 2.35 bits per heavy atom. The van der Waals surface area contributed by atoms with Gasteiger partial charge in [0, 0.05) is 25.4 Å². The lowest BCUT2D eigenvalue weighted by atomic mass is 10.2. The van der Waals surface area contributed by atoms with Gasteiger partial charge >= 0.3 is 0 Å². The van der Waals surface area contributed by atoms with Crippen LogP contribution in [0.5, 0.6) is 0 Å². The maximum atomic E-state index is 4.76. The Hall–Kier alpha value is -1.01. The molecule has 1 atom stereocenters. The van der Waals surface area contributed by atoms with Crippen molar-refractivity contribution in [3.05, 3.63) is 11.4 Å². The van der Waals surface area contributed by atoms with Crippen molar-refractivity contribution in [3.63, 3.8) is 0 Å². The molecule has 4 nitrogen and oxygen atoms in total. The fraction of sp³-hybridized carbons (Fsp3) is 0.571. The van der Waals surface area contributed by atoms with Crippen LogP contribution in [0.3, 0.4) is 0 Å². The van der Waals surface area contributed by atoms with Crippen molar-refractivity contribution < 1.29 is 0 Å². The summed E-state index contributed by atoms with van der Waals surface area (Å²) in [5.41, 5.74) is 0. The number of hydrogen-bond donors (Lipinski definition) is 1. The highest BCUT2D eigenvalue weighted by Gasteiger charge is 2.23. The molecule has 1 saturated heterocycles. The second kappa shape index (κ2) is 6.18. The molecule has 20 heavy (non-hydrogen) atoms. The third kappa shape index (κ3) is 2.72. The van der Waals surface area contributed by atoms with E-state index in [-0.39, 0.29) is 0 Å². The molecule has 1 aliphatic rings. The number of thiophene rings is 1. The molecule has 0 amide bonds.